The van der Waals surface area contributed by atoms with Gasteiger partial charge >= 0.3 is 6.09 Å². The topological polar surface area (TPSA) is 54.4 Å². The summed E-state index contributed by atoms with van der Waals surface area (Å²) >= 11 is 4.52. The van der Waals surface area contributed by atoms with Gasteiger partial charge in [-0.15, -0.1) is 0 Å². The summed E-state index contributed by atoms with van der Waals surface area (Å²) in [7, 11) is 0. The van der Waals surface area contributed by atoms with Crippen molar-refractivity contribution >= 4 is 34.8 Å². The number of carbonyl (C=O) groups is 1. The van der Waals surface area contributed by atoms with Crippen molar-refractivity contribution in [3.63, 3.8) is 0 Å². The van der Waals surface area contributed by atoms with E-state index in [1.54, 1.807) is 6.07 Å². The van der Waals surface area contributed by atoms with E-state index < -0.39 is 12.2 Å². The van der Waals surface area contributed by atoms with Crippen LogP contribution in [0.4, 0.5) is 20.6 Å². The number of thiocarbonyl (C=S) groups is 1. The molecule has 24 heavy (non-hydrogen) atoms. The highest BCUT2D eigenvalue weighted by Gasteiger charge is 2.37. The molecule has 0 saturated carbocycles. The van der Waals surface area contributed by atoms with E-state index in [1.807, 2.05) is 0 Å². The smallest absolute Gasteiger partial charge is 0.414 e. The maximum absolute atomic E-state index is 14.7. The molecule has 0 radical (unpaired) electrons. The van der Waals surface area contributed by atoms with Crippen LogP contribution in [0.15, 0.2) is 17.1 Å². The number of rotatable bonds is 3. The number of carbonyl (C=O) groups excluding carboxylic acids is 1. The largest absolute Gasteiger partial charge is 0.489 e. The zero-order valence-electron chi connectivity index (χ0n) is 12.9. The lowest BCUT2D eigenvalue weighted by Gasteiger charge is -2.34. The third-order valence-electron chi connectivity index (χ3n) is 4.65. The second-order valence-electron chi connectivity index (χ2n) is 6.12. The van der Waals surface area contributed by atoms with Gasteiger partial charge in [-0.2, -0.15) is 0 Å². The fourth-order valence-corrected chi connectivity index (χ4v) is 3.64. The summed E-state index contributed by atoms with van der Waals surface area (Å²) in [5.74, 6) is 0.110. The van der Waals surface area contributed by atoms with Crippen LogP contribution in [0.25, 0.3) is 0 Å². The SMILES string of the molecule is O=C1O[C@@H](CN=C=S)CN1c1cc(F)c2c(c1)OC[C@@H]1CCCN21. The van der Waals surface area contributed by atoms with Gasteiger partial charge in [-0.25, -0.2) is 14.2 Å². The van der Waals surface area contributed by atoms with Gasteiger partial charge in [0.2, 0.25) is 0 Å². The Morgan fingerprint density at radius 3 is 3.17 bits per heavy atom. The maximum Gasteiger partial charge on any atom is 0.414 e. The first-order valence-electron chi connectivity index (χ1n) is 7.92. The van der Waals surface area contributed by atoms with E-state index in [4.69, 9.17) is 9.47 Å². The number of anilines is 2. The molecular weight excluding hydrogens is 333 g/mol. The highest BCUT2D eigenvalue weighted by Crippen LogP contribution is 2.42. The summed E-state index contributed by atoms with van der Waals surface area (Å²) in [4.78, 5) is 19.3. The molecule has 0 bridgehead atoms. The van der Waals surface area contributed by atoms with Gasteiger partial charge in [0, 0.05) is 18.7 Å². The second kappa shape index (κ2) is 6.03. The van der Waals surface area contributed by atoms with Crippen molar-refractivity contribution in [2.24, 2.45) is 4.99 Å². The molecule has 3 heterocycles. The summed E-state index contributed by atoms with van der Waals surface area (Å²) < 4.78 is 25.7. The van der Waals surface area contributed by atoms with Crippen LogP contribution in [0.1, 0.15) is 12.8 Å². The number of amides is 1. The standard InChI is InChI=1S/C16H16FN3O3S/c17-13-4-11(20-7-12(6-18-9-24)23-16(20)21)5-14-15(13)19-3-1-2-10(19)8-22-14/h4-5,10,12H,1-3,6-8H2/t10-,12-/m0/s1. The van der Waals surface area contributed by atoms with Crippen LogP contribution in [-0.2, 0) is 4.74 Å². The zero-order valence-corrected chi connectivity index (χ0v) is 13.7. The van der Waals surface area contributed by atoms with Gasteiger partial charge in [0.25, 0.3) is 0 Å². The second-order valence-corrected chi connectivity index (χ2v) is 6.31. The number of hydrogen-bond acceptors (Lipinski definition) is 6. The van der Waals surface area contributed by atoms with E-state index in [2.05, 4.69) is 27.3 Å². The lowest BCUT2D eigenvalue weighted by atomic mass is 10.1. The van der Waals surface area contributed by atoms with Gasteiger partial charge in [-0.3, -0.25) is 4.90 Å². The summed E-state index contributed by atoms with van der Waals surface area (Å²) in [6.45, 7) is 1.93. The first-order valence-corrected chi connectivity index (χ1v) is 8.33. The minimum Gasteiger partial charge on any atom is -0.489 e. The average molecular weight is 349 g/mol. The molecule has 0 N–H and O–H groups in total. The van der Waals surface area contributed by atoms with Crippen molar-refractivity contribution in [1.29, 1.82) is 0 Å². The fraction of sp³-hybridized carbons (Fsp3) is 0.500. The van der Waals surface area contributed by atoms with Crippen molar-refractivity contribution < 1.29 is 18.7 Å². The Morgan fingerprint density at radius 1 is 1.46 bits per heavy atom. The molecule has 3 aliphatic rings. The van der Waals surface area contributed by atoms with Gasteiger partial charge in [0.15, 0.2) is 5.82 Å². The van der Waals surface area contributed by atoms with Gasteiger partial charge in [0.1, 0.15) is 24.1 Å². The Labute approximate surface area is 143 Å². The van der Waals surface area contributed by atoms with E-state index in [0.29, 0.717) is 30.3 Å². The molecule has 2 fully saturated rings. The van der Waals surface area contributed by atoms with Gasteiger partial charge < -0.3 is 14.4 Å². The van der Waals surface area contributed by atoms with E-state index in [-0.39, 0.29) is 18.4 Å². The first-order chi connectivity index (χ1) is 11.7. The molecule has 6 nitrogen and oxygen atoms in total. The number of nitrogens with zero attached hydrogens (tertiary/aromatic N) is 3. The molecule has 3 aliphatic heterocycles. The number of benzene rings is 1. The predicted octanol–water partition coefficient (Wildman–Crippen LogP) is 2.61. The number of isothiocyanates is 1. The van der Waals surface area contributed by atoms with E-state index in [9.17, 15) is 9.18 Å². The molecule has 126 valence electrons. The first kappa shape index (κ1) is 15.4. The highest BCUT2D eigenvalue weighted by atomic mass is 32.1. The molecule has 8 heteroatoms. The predicted molar refractivity (Wildman–Crippen MR) is 89.8 cm³/mol. The average Bonchev–Trinajstić information content (AvgIpc) is 3.18. The van der Waals surface area contributed by atoms with Crippen molar-refractivity contribution in [3.05, 3.63) is 17.9 Å². The molecule has 4 rings (SSSR count). The Balaban J connectivity index is 1.62. The zero-order chi connectivity index (χ0) is 16.7. The molecule has 2 atom stereocenters. The Hall–Kier alpha value is -2.18. The van der Waals surface area contributed by atoms with Crippen molar-refractivity contribution in [2.75, 3.05) is 36.0 Å². The third kappa shape index (κ3) is 2.52. The van der Waals surface area contributed by atoms with Crippen LogP contribution in [0.2, 0.25) is 0 Å². The van der Waals surface area contributed by atoms with Gasteiger partial charge in [-0.1, -0.05) is 0 Å². The summed E-state index contributed by atoms with van der Waals surface area (Å²) in [5, 5.41) is 2.25. The molecule has 2 saturated heterocycles. The molecule has 0 aliphatic carbocycles. The van der Waals surface area contributed by atoms with E-state index in [1.165, 1.54) is 11.0 Å². The molecule has 1 aromatic rings. The summed E-state index contributed by atoms with van der Waals surface area (Å²) in [6.07, 6.45) is 1.13. The molecule has 1 aromatic carbocycles. The van der Waals surface area contributed by atoms with E-state index in [0.717, 1.165) is 19.4 Å². The lowest BCUT2D eigenvalue weighted by Crippen LogP contribution is -2.39. The Kier molecular flexibility index (Phi) is 3.86. The normalized spacial score (nSPS) is 24.8. The number of cyclic esters (lactones) is 1. The lowest BCUT2D eigenvalue weighted by molar-refractivity contribution is 0.145. The quantitative estimate of drug-likeness (QED) is 0.620. The van der Waals surface area contributed by atoms with Crippen LogP contribution in [0.3, 0.4) is 0 Å². The number of fused-ring (bicyclic) bond motifs is 3. The number of hydrogen-bond donors (Lipinski definition) is 0. The van der Waals surface area contributed by atoms with E-state index >= 15 is 0 Å². The Bertz CT molecular complexity index is 738. The van der Waals surface area contributed by atoms with Gasteiger partial charge in [0.05, 0.1) is 30.0 Å². The number of aliphatic imine (C=N–C) groups is 1. The molecule has 0 unspecified atom stereocenters. The molecule has 0 aromatic heterocycles. The molecule has 0 spiro atoms. The molecular formula is C16H16FN3O3S. The minimum atomic E-state index is -0.520. The number of ether oxygens (including phenoxy) is 2. The maximum atomic E-state index is 14.7. The summed E-state index contributed by atoms with van der Waals surface area (Å²) in [5.41, 5.74) is 0.935. The summed E-state index contributed by atoms with van der Waals surface area (Å²) in [6, 6.07) is 3.32. The van der Waals surface area contributed by atoms with Gasteiger partial charge in [-0.05, 0) is 25.1 Å². The highest BCUT2D eigenvalue weighted by molar-refractivity contribution is 7.78. The number of halogens is 1. The minimum absolute atomic E-state index is 0.242. The van der Waals surface area contributed by atoms with Crippen LogP contribution >= 0.6 is 12.2 Å². The monoisotopic (exact) mass is 349 g/mol. The van der Waals surface area contributed by atoms with Crippen molar-refractivity contribution in [3.8, 4) is 5.75 Å². The third-order valence-corrected chi connectivity index (χ3v) is 4.78. The molecule has 1 amide bonds. The van der Waals surface area contributed by atoms with Crippen LogP contribution in [0.5, 0.6) is 5.75 Å². The van der Waals surface area contributed by atoms with Crippen molar-refractivity contribution in [2.45, 2.75) is 25.0 Å². The Morgan fingerprint density at radius 2 is 2.33 bits per heavy atom. The van der Waals surface area contributed by atoms with Crippen molar-refractivity contribution in [1.82, 2.24) is 0 Å². The fourth-order valence-electron chi connectivity index (χ4n) is 3.56. The van der Waals surface area contributed by atoms with Crippen LogP contribution in [-0.4, -0.2) is 49.6 Å². The van der Waals surface area contributed by atoms with Crippen LogP contribution < -0.4 is 14.5 Å². The van der Waals surface area contributed by atoms with Crippen LogP contribution in [0, 0.1) is 5.82 Å².